The topological polar surface area (TPSA) is 54.0 Å². The molecule has 3 aliphatic rings. The van der Waals surface area contributed by atoms with Crippen molar-refractivity contribution in [3.05, 3.63) is 52.8 Å². The van der Waals surface area contributed by atoms with E-state index in [1.165, 1.54) is 6.07 Å². The highest BCUT2D eigenvalue weighted by atomic mass is 19.1. The Kier molecular flexibility index (Phi) is 5.10. The van der Waals surface area contributed by atoms with Gasteiger partial charge in [-0.3, -0.25) is 0 Å². The molecule has 0 aromatic heterocycles. The Labute approximate surface area is 188 Å². The summed E-state index contributed by atoms with van der Waals surface area (Å²) in [4.78, 5) is 10.9. The van der Waals surface area contributed by atoms with Crippen molar-refractivity contribution in [1.29, 1.82) is 0 Å². The van der Waals surface area contributed by atoms with Crippen LogP contribution in [0.15, 0.2) is 30.3 Å². The van der Waals surface area contributed by atoms with Crippen LogP contribution in [0.2, 0.25) is 0 Å². The van der Waals surface area contributed by atoms with Crippen molar-refractivity contribution in [2.75, 3.05) is 6.61 Å². The molecule has 2 aromatic carbocycles. The predicted octanol–water partition coefficient (Wildman–Crippen LogP) is 4.26. The minimum absolute atomic E-state index is 0.0867. The largest absolute Gasteiger partial charge is 0.495 e. The lowest BCUT2D eigenvalue weighted by molar-refractivity contribution is -0.108. The minimum atomic E-state index is -0.531. The molecule has 5 nitrogen and oxygen atoms in total. The second-order valence-corrected chi connectivity index (χ2v) is 9.87. The molecule has 1 fully saturated rings. The number of carbonyl (C=O) groups excluding carboxylic acids is 1. The average molecular weight is 438 g/mol. The van der Waals surface area contributed by atoms with Crippen molar-refractivity contribution >= 4 is 18.9 Å². The van der Waals surface area contributed by atoms with Crippen molar-refractivity contribution in [3.63, 3.8) is 0 Å². The smallest absolute Gasteiger partial charge is 0.492 e. The van der Waals surface area contributed by atoms with Crippen LogP contribution in [0.25, 0.3) is 0 Å². The number of ether oxygens (including phenoxy) is 2. The van der Waals surface area contributed by atoms with Crippen molar-refractivity contribution in [2.24, 2.45) is 0 Å². The molecule has 0 amide bonds. The van der Waals surface area contributed by atoms with Gasteiger partial charge in [0.25, 0.3) is 0 Å². The van der Waals surface area contributed by atoms with Gasteiger partial charge in [0.15, 0.2) is 0 Å². The van der Waals surface area contributed by atoms with Gasteiger partial charge in [-0.1, -0.05) is 12.1 Å². The number of carbonyl (C=O) groups is 1. The SMILES string of the molecule is CC1(C)OB(c2ccc(F)c3c2CC[C@H]3Oc2ccc3c(c2)OC[C@H]3CC=O)OC1(C)C. The number of aldehydes is 1. The molecule has 0 bridgehead atoms. The van der Waals surface area contributed by atoms with E-state index in [9.17, 15) is 9.18 Å². The van der Waals surface area contributed by atoms with Crippen LogP contribution in [0.3, 0.4) is 0 Å². The summed E-state index contributed by atoms with van der Waals surface area (Å²) >= 11 is 0. The molecule has 2 atom stereocenters. The van der Waals surface area contributed by atoms with Crippen LogP contribution in [0, 0.1) is 5.82 Å². The number of hydrogen-bond acceptors (Lipinski definition) is 5. The third kappa shape index (κ3) is 3.42. The van der Waals surface area contributed by atoms with Crippen LogP contribution in [-0.2, 0) is 20.5 Å². The van der Waals surface area contributed by atoms with E-state index < -0.39 is 24.4 Å². The first-order valence-electron chi connectivity index (χ1n) is 11.2. The van der Waals surface area contributed by atoms with Crippen LogP contribution >= 0.6 is 0 Å². The summed E-state index contributed by atoms with van der Waals surface area (Å²) in [6, 6.07) is 8.91. The van der Waals surface area contributed by atoms with Gasteiger partial charge in [-0.2, -0.15) is 0 Å². The van der Waals surface area contributed by atoms with Crippen molar-refractivity contribution in [1.82, 2.24) is 0 Å². The quantitative estimate of drug-likeness (QED) is 0.516. The summed E-state index contributed by atoms with van der Waals surface area (Å²) in [5, 5.41) is 0. The Morgan fingerprint density at radius 2 is 1.91 bits per heavy atom. The average Bonchev–Trinajstić information content (AvgIpc) is 3.38. The summed E-state index contributed by atoms with van der Waals surface area (Å²) in [7, 11) is -0.531. The molecular formula is C25H28BFO5. The standard InChI is InChI=1S/C25H28BFO5/c1-24(2)25(3,4)32-26(31-24)19-8-9-20(27)23-18(19)7-10-21(23)30-16-5-6-17-15(11-12-28)14-29-22(17)13-16/h5-6,8-9,12-13,15,21H,7,10-11,14H2,1-4H3/t15-,21-/m1/s1. The summed E-state index contributed by atoms with van der Waals surface area (Å²) in [6.45, 7) is 8.54. The van der Waals surface area contributed by atoms with Gasteiger partial charge in [-0.15, -0.1) is 0 Å². The predicted molar refractivity (Wildman–Crippen MR) is 119 cm³/mol. The number of halogens is 1. The molecule has 1 aliphatic carbocycles. The maximum absolute atomic E-state index is 15.0. The molecule has 7 heteroatoms. The molecule has 2 heterocycles. The van der Waals surface area contributed by atoms with Crippen molar-refractivity contribution in [3.8, 4) is 11.5 Å². The number of fused-ring (bicyclic) bond motifs is 2. The first-order valence-corrected chi connectivity index (χ1v) is 11.2. The zero-order chi connectivity index (χ0) is 22.7. The number of hydrogen-bond donors (Lipinski definition) is 0. The van der Waals surface area contributed by atoms with E-state index in [-0.39, 0.29) is 11.7 Å². The van der Waals surface area contributed by atoms with E-state index in [1.807, 2.05) is 45.9 Å². The monoisotopic (exact) mass is 438 g/mol. The Balaban J connectivity index is 1.41. The Morgan fingerprint density at radius 3 is 2.62 bits per heavy atom. The summed E-state index contributed by atoms with van der Waals surface area (Å²) in [5.41, 5.74) is 2.47. The zero-order valence-corrected chi connectivity index (χ0v) is 18.9. The fraction of sp³-hybridized carbons (Fsp3) is 0.480. The molecule has 32 heavy (non-hydrogen) atoms. The molecule has 2 aliphatic heterocycles. The molecule has 2 aromatic rings. The molecule has 0 unspecified atom stereocenters. The lowest BCUT2D eigenvalue weighted by Crippen LogP contribution is -2.41. The summed E-state index contributed by atoms with van der Waals surface area (Å²) in [5.74, 6) is 1.18. The first kappa shape index (κ1) is 21.5. The van der Waals surface area contributed by atoms with Crippen molar-refractivity contribution in [2.45, 2.75) is 70.2 Å². The second-order valence-electron chi connectivity index (χ2n) is 9.87. The Morgan fingerprint density at radius 1 is 1.16 bits per heavy atom. The zero-order valence-electron chi connectivity index (χ0n) is 18.9. The van der Waals surface area contributed by atoms with Gasteiger partial charge in [0.05, 0.1) is 17.8 Å². The van der Waals surface area contributed by atoms with Gasteiger partial charge in [-0.05, 0) is 63.7 Å². The van der Waals surface area contributed by atoms with E-state index in [0.717, 1.165) is 28.6 Å². The Hall–Kier alpha value is -2.38. The Bertz CT molecular complexity index is 1050. The van der Waals surface area contributed by atoms with Crippen LogP contribution < -0.4 is 14.9 Å². The van der Waals surface area contributed by atoms with Gasteiger partial charge in [0, 0.05) is 29.5 Å². The summed E-state index contributed by atoms with van der Waals surface area (Å²) in [6.07, 6.45) is 2.34. The van der Waals surface area contributed by atoms with Gasteiger partial charge in [0.1, 0.15) is 29.7 Å². The number of rotatable bonds is 5. The number of benzene rings is 2. The van der Waals surface area contributed by atoms with Crippen LogP contribution in [0.1, 0.15) is 69.2 Å². The van der Waals surface area contributed by atoms with E-state index in [4.69, 9.17) is 18.8 Å². The molecule has 0 N–H and O–H groups in total. The molecule has 5 rings (SSSR count). The van der Waals surface area contributed by atoms with Crippen LogP contribution in [0.4, 0.5) is 4.39 Å². The third-order valence-electron chi connectivity index (χ3n) is 7.35. The lowest BCUT2D eigenvalue weighted by Gasteiger charge is -2.32. The normalized spacial score (nSPS) is 24.7. The summed E-state index contributed by atoms with van der Waals surface area (Å²) < 4.78 is 39.4. The van der Waals surface area contributed by atoms with E-state index >= 15 is 0 Å². The minimum Gasteiger partial charge on any atom is -0.492 e. The van der Waals surface area contributed by atoms with E-state index in [0.29, 0.717) is 37.2 Å². The fourth-order valence-corrected chi connectivity index (χ4v) is 4.81. The van der Waals surface area contributed by atoms with Crippen LogP contribution in [0.5, 0.6) is 11.5 Å². The first-order chi connectivity index (χ1) is 15.2. The second kappa shape index (κ2) is 7.60. The van der Waals surface area contributed by atoms with Gasteiger partial charge < -0.3 is 23.6 Å². The van der Waals surface area contributed by atoms with Gasteiger partial charge in [0.2, 0.25) is 0 Å². The fourth-order valence-electron chi connectivity index (χ4n) is 4.81. The van der Waals surface area contributed by atoms with Crippen molar-refractivity contribution < 1.29 is 28.0 Å². The molecule has 1 saturated heterocycles. The van der Waals surface area contributed by atoms with Crippen LogP contribution in [-0.4, -0.2) is 31.2 Å². The highest BCUT2D eigenvalue weighted by Crippen LogP contribution is 2.42. The van der Waals surface area contributed by atoms with Gasteiger partial charge >= 0.3 is 7.12 Å². The lowest BCUT2D eigenvalue weighted by atomic mass is 9.75. The molecule has 0 radical (unpaired) electrons. The maximum Gasteiger partial charge on any atom is 0.495 e. The molecule has 0 saturated carbocycles. The highest BCUT2D eigenvalue weighted by molar-refractivity contribution is 6.62. The molecule has 0 spiro atoms. The molecular weight excluding hydrogens is 410 g/mol. The van der Waals surface area contributed by atoms with Gasteiger partial charge in [-0.25, -0.2) is 4.39 Å². The third-order valence-corrected chi connectivity index (χ3v) is 7.35. The highest BCUT2D eigenvalue weighted by Gasteiger charge is 2.52. The maximum atomic E-state index is 15.0. The van der Waals surface area contributed by atoms with E-state index in [2.05, 4.69) is 0 Å². The molecule has 168 valence electrons. The van der Waals surface area contributed by atoms with E-state index in [1.54, 1.807) is 6.07 Å².